The molecule has 208 valence electrons. The molecule has 0 unspecified atom stereocenters. The van der Waals surface area contributed by atoms with Crippen LogP contribution in [0.1, 0.15) is 42.9 Å². The van der Waals surface area contributed by atoms with E-state index in [9.17, 15) is 28.5 Å². The Hall–Kier alpha value is -3.85. The summed E-state index contributed by atoms with van der Waals surface area (Å²) in [4.78, 5) is 30.2. The molecule has 0 aliphatic heterocycles. The van der Waals surface area contributed by atoms with Gasteiger partial charge in [-0.05, 0) is 42.7 Å². The van der Waals surface area contributed by atoms with E-state index in [2.05, 4.69) is 22.4 Å². The number of aromatic nitrogens is 1. The number of nitriles is 2. The molecule has 0 saturated heterocycles. The standard InChI is InChI=1S/C25H31N7O5S2/c1-5-19-20(15-26)24(31(2)14-13-28-22(33)7-6-8-23(34)30-35)29-25(21(19)16-27)38-18-11-9-17(10-12-18)32(3)39(4,36)37/h9-12,35H,5-8,13-14H2,1-4H3,(H,28,33)(H,30,34). The number of likely N-dealkylation sites (N-methyl/N-ethyl adjacent to an activating group) is 1. The smallest absolute Gasteiger partial charge is 0.243 e. The molecule has 2 amide bonds. The molecule has 12 nitrogen and oxygen atoms in total. The Morgan fingerprint density at radius 2 is 1.69 bits per heavy atom. The zero-order chi connectivity index (χ0) is 29.2. The van der Waals surface area contributed by atoms with Gasteiger partial charge in [-0.15, -0.1) is 0 Å². The zero-order valence-electron chi connectivity index (χ0n) is 22.2. The Morgan fingerprint density at radius 1 is 1.08 bits per heavy atom. The SMILES string of the molecule is CCc1c(C#N)c(Sc2ccc(N(C)S(C)(=O)=O)cc2)nc(N(C)CCNC(=O)CCCC(=O)NO)c1C#N. The summed E-state index contributed by atoms with van der Waals surface area (Å²) < 4.78 is 24.8. The van der Waals surface area contributed by atoms with Gasteiger partial charge < -0.3 is 10.2 Å². The van der Waals surface area contributed by atoms with Crippen molar-refractivity contribution in [2.45, 2.75) is 42.5 Å². The average Bonchev–Trinajstić information content (AvgIpc) is 2.91. The number of carbonyl (C=O) groups is 2. The van der Waals surface area contributed by atoms with Crippen LogP contribution in [-0.4, -0.2) is 63.9 Å². The molecular weight excluding hydrogens is 542 g/mol. The Kier molecular flexibility index (Phi) is 11.5. The first-order valence-electron chi connectivity index (χ1n) is 12.0. The van der Waals surface area contributed by atoms with Crippen molar-refractivity contribution in [2.75, 3.05) is 42.6 Å². The first-order valence-corrected chi connectivity index (χ1v) is 14.6. The molecule has 0 fully saturated rings. The van der Waals surface area contributed by atoms with Crippen molar-refractivity contribution in [1.29, 1.82) is 10.5 Å². The van der Waals surface area contributed by atoms with E-state index in [1.165, 1.54) is 24.3 Å². The maximum absolute atomic E-state index is 12.0. The van der Waals surface area contributed by atoms with Crippen LogP contribution in [0.5, 0.6) is 0 Å². The Labute approximate surface area is 232 Å². The minimum atomic E-state index is -3.41. The van der Waals surface area contributed by atoms with Crippen molar-refractivity contribution in [1.82, 2.24) is 15.8 Å². The van der Waals surface area contributed by atoms with Gasteiger partial charge in [0.25, 0.3) is 0 Å². The number of pyridine rings is 1. The van der Waals surface area contributed by atoms with E-state index in [-0.39, 0.29) is 37.3 Å². The largest absolute Gasteiger partial charge is 0.357 e. The third-order valence-corrected chi connectivity index (χ3v) is 8.00. The van der Waals surface area contributed by atoms with Gasteiger partial charge in [0.2, 0.25) is 21.8 Å². The van der Waals surface area contributed by atoms with Gasteiger partial charge >= 0.3 is 0 Å². The maximum atomic E-state index is 12.0. The second-order valence-electron chi connectivity index (χ2n) is 8.53. The van der Waals surface area contributed by atoms with Crippen LogP contribution in [0.2, 0.25) is 0 Å². The van der Waals surface area contributed by atoms with Crippen molar-refractivity contribution in [3.05, 3.63) is 41.0 Å². The summed E-state index contributed by atoms with van der Waals surface area (Å²) in [6, 6.07) is 11.1. The fraction of sp³-hybridized carbons (Fsp3) is 0.400. The molecule has 1 aromatic heterocycles. The van der Waals surface area contributed by atoms with Crippen LogP contribution >= 0.6 is 11.8 Å². The molecule has 14 heteroatoms. The van der Waals surface area contributed by atoms with Crippen molar-refractivity contribution in [2.24, 2.45) is 0 Å². The highest BCUT2D eigenvalue weighted by molar-refractivity contribution is 7.99. The maximum Gasteiger partial charge on any atom is 0.243 e. The molecule has 39 heavy (non-hydrogen) atoms. The Balaban J connectivity index is 2.25. The average molecular weight is 574 g/mol. The number of rotatable bonds is 13. The monoisotopic (exact) mass is 573 g/mol. The van der Waals surface area contributed by atoms with E-state index >= 15 is 0 Å². The first kappa shape index (κ1) is 31.4. The summed E-state index contributed by atoms with van der Waals surface area (Å²) in [7, 11) is -0.217. The Bertz CT molecular complexity index is 1380. The predicted molar refractivity (Wildman–Crippen MR) is 147 cm³/mol. The van der Waals surface area contributed by atoms with Crippen LogP contribution in [0, 0.1) is 22.7 Å². The molecule has 1 aromatic carbocycles. The summed E-state index contributed by atoms with van der Waals surface area (Å²) in [5.74, 6) is -0.438. The lowest BCUT2D eigenvalue weighted by Crippen LogP contribution is -2.34. The number of hydrogen-bond donors (Lipinski definition) is 3. The molecular formula is C25H31N7O5S2. The molecule has 2 rings (SSSR count). The van der Waals surface area contributed by atoms with E-state index in [1.807, 2.05) is 6.92 Å². The van der Waals surface area contributed by atoms with Gasteiger partial charge in [-0.3, -0.25) is 19.1 Å². The van der Waals surface area contributed by atoms with Crippen molar-refractivity contribution < 1.29 is 23.2 Å². The number of amides is 2. The summed E-state index contributed by atoms with van der Waals surface area (Å²) in [5, 5.41) is 31.5. The molecule has 2 aromatic rings. The topological polar surface area (TPSA) is 180 Å². The summed E-state index contributed by atoms with van der Waals surface area (Å²) in [6.07, 6.45) is 1.98. The second-order valence-corrected chi connectivity index (χ2v) is 11.6. The molecule has 1 heterocycles. The Morgan fingerprint density at radius 3 is 2.23 bits per heavy atom. The number of anilines is 2. The third-order valence-electron chi connectivity index (χ3n) is 5.80. The summed E-state index contributed by atoms with van der Waals surface area (Å²) in [6.45, 7) is 2.44. The lowest BCUT2D eigenvalue weighted by Gasteiger charge is -2.22. The molecule has 0 atom stereocenters. The number of hydrogen-bond acceptors (Lipinski definition) is 10. The highest BCUT2D eigenvalue weighted by Gasteiger charge is 2.22. The highest BCUT2D eigenvalue weighted by atomic mass is 32.2. The number of nitrogens with one attached hydrogen (secondary N) is 2. The van der Waals surface area contributed by atoms with Gasteiger partial charge in [0, 0.05) is 44.9 Å². The van der Waals surface area contributed by atoms with Crippen LogP contribution in [0.25, 0.3) is 0 Å². The van der Waals surface area contributed by atoms with Crippen LogP contribution in [0.15, 0.2) is 34.2 Å². The van der Waals surface area contributed by atoms with Crippen LogP contribution in [0.4, 0.5) is 11.5 Å². The summed E-state index contributed by atoms with van der Waals surface area (Å²) in [5.41, 5.74) is 3.16. The lowest BCUT2D eigenvalue weighted by molar-refractivity contribution is -0.129. The summed E-state index contributed by atoms with van der Waals surface area (Å²) >= 11 is 1.23. The molecule has 0 saturated carbocycles. The fourth-order valence-electron chi connectivity index (χ4n) is 3.58. The number of sulfonamides is 1. The van der Waals surface area contributed by atoms with E-state index in [1.54, 1.807) is 36.2 Å². The van der Waals surface area contributed by atoms with Gasteiger partial charge in [-0.2, -0.15) is 10.5 Å². The quantitative estimate of drug-likeness (QED) is 0.237. The predicted octanol–water partition coefficient (Wildman–Crippen LogP) is 2.16. The van der Waals surface area contributed by atoms with E-state index in [4.69, 9.17) is 5.21 Å². The molecule has 0 bridgehead atoms. The first-order chi connectivity index (χ1) is 18.5. The van der Waals surface area contributed by atoms with Gasteiger partial charge in [-0.25, -0.2) is 18.9 Å². The molecule has 0 spiro atoms. The number of hydroxylamine groups is 1. The van der Waals surface area contributed by atoms with Crippen molar-refractivity contribution in [3.8, 4) is 12.1 Å². The minimum Gasteiger partial charge on any atom is -0.357 e. The van der Waals surface area contributed by atoms with E-state index < -0.39 is 15.9 Å². The van der Waals surface area contributed by atoms with Crippen molar-refractivity contribution >= 4 is 45.1 Å². The normalized spacial score (nSPS) is 10.7. The lowest BCUT2D eigenvalue weighted by atomic mass is 10.0. The molecule has 0 radical (unpaired) electrons. The van der Waals surface area contributed by atoms with Gasteiger partial charge in [0.1, 0.15) is 23.0 Å². The van der Waals surface area contributed by atoms with Gasteiger partial charge in [0.05, 0.1) is 23.1 Å². The van der Waals surface area contributed by atoms with Crippen LogP contribution in [-0.2, 0) is 26.0 Å². The fourth-order valence-corrected chi connectivity index (χ4v) is 4.99. The van der Waals surface area contributed by atoms with Crippen LogP contribution in [0.3, 0.4) is 0 Å². The number of nitrogens with zero attached hydrogens (tertiary/aromatic N) is 5. The molecule has 0 aliphatic carbocycles. The zero-order valence-corrected chi connectivity index (χ0v) is 23.8. The van der Waals surface area contributed by atoms with Crippen molar-refractivity contribution in [3.63, 3.8) is 0 Å². The third kappa shape index (κ3) is 8.58. The van der Waals surface area contributed by atoms with Gasteiger partial charge in [0.15, 0.2) is 0 Å². The number of benzene rings is 1. The second kappa shape index (κ2) is 14.3. The number of carbonyl (C=O) groups excluding carboxylic acids is 2. The molecule has 3 N–H and O–H groups in total. The van der Waals surface area contributed by atoms with Crippen LogP contribution < -0.4 is 20.0 Å². The molecule has 0 aliphatic rings. The van der Waals surface area contributed by atoms with E-state index in [0.29, 0.717) is 40.6 Å². The highest BCUT2D eigenvalue weighted by Crippen LogP contribution is 2.36. The minimum absolute atomic E-state index is 0.0296. The van der Waals surface area contributed by atoms with E-state index in [0.717, 1.165) is 15.5 Å². The van der Waals surface area contributed by atoms with Gasteiger partial charge in [-0.1, -0.05) is 18.7 Å².